The average molecular weight is 424 g/mol. The van der Waals surface area contributed by atoms with E-state index in [-0.39, 0.29) is 23.4 Å². The molecule has 0 radical (unpaired) electrons. The number of nitrogens with one attached hydrogen (secondary N) is 1. The third-order valence-electron chi connectivity index (χ3n) is 3.33. The second kappa shape index (κ2) is 8.56. The standard InChI is InChI=1S/C17H18BrN3OS2/c1-10(2)21-16(22)13(9-19)12(15-14(18)4-6-23-15)8-11(3)17-20-5-7-24-17/h4-7,10-11H,8H2,1-3H3,(H,21,22)/b13-12+. The van der Waals surface area contributed by atoms with Crippen molar-refractivity contribution in [3.63, 3.8) is 0 Å². The first kappa shape index (κ1) is 18.8. The summed E-state index contributed by atoms with van der Waals surface area (Å²) in [7, 11) is 0. The molecule has 1 unspecified atom stereocenters. The number of nitriles is 1. The third kappa shape index (κ3) is 4.53. The van der Waals surface area contributed by atoms with Crippen molar-refractivity contribution in [1.82, 2.24) is 10.3 Å². The Morgan fingerprint density at radius 3 is 2.62 bits per heavy atom. The molecule has 126 valence electrons. The Bertz CT molecular complexity index is 772. The maximum Gasteiger partial charge on any atom is 0.262 e. The van der Waals surface area contributed by atoms with Crippen LogP contribution < -0.4 is 5.32 Å². The normalized spacial score (nSPS) is 13.3. The van der Waals surface area contributed by atoms with Crippen LogP contribution >= 0.6 is 38.6 Å². The summed E-state index contributed by atoms with van der Waals surface area (Å²) >= 11 is 6.64. The summed E-state index contributed by atoms with van der Waals surface area (Å²) in [6.45, 7) is 5.83. The number of rotatable bonds is 6. The van der Waals surface area contributed by atoms with Crippen molar-refractivity contribution in [2.45, 2.75) is 39.2 Å². The zero-order chi connectivity index (χ0) is 17.7. The number of allylic oxidation sites excluding steroid dienone is 1. The van der Waals surface area contributed by atoms with Crippen LogP contribution in [-0.2, 0) is 4.79 Å². The van der Waals surface area contributed by atoms with Gasteiger partial charge in [0.1, 0.15) is 11.6 Å². The molecule has 2 heterocycles. The van der Waals surface area contributed by atoms with Gasteiger partial charge in [0.25, 0.3) is 5.91 Å². The van der Waals surface area contributed by atoms with E-state index in [1.54, 1.807) is 17.5 Å². The Labute approximate surface area is 158 Å². The number of carbonyl (C=O) groups excluding carboxylic acids is 1. The lowest BCUT2D eigenvalue weighted by Crippen LogP contribution is -2.31. The van der Waals surface area contributed by atoms with Gasteiger partial charge in [-0.25, -0.2) is 4.98 Å². The Morgan fingerprint density at radius 2 is 2.12 bits per heavy atom. The second-order valence-corrected chi connectivity index (χ2v) is 8.36. The van der Waals surface area contributed by atoms with Gasteiger partial charge in [0.05, 0.1) is 5.01 Å². The molecule has 1 atom stereocenters. The van der Waals surface area contributed by atoms with E-state index in [2.05, 4.69) is 39.2 Å². The van der Waals surface area contributed by atoms with Gasteiger partial charge in [-0.05, 0) is 53.2 Å². The van der Waals surface area contributed by atoms with Crippen molar-refractivity contribution in [2.24, 2.45) is 0 Å². The number of amides is 1. The van der Waals surface area contributed by atoms with Crippen LogP contribution in [0.3, 0.4) is 0 Å². The number of halogens is 1. The van der Waals surface area contributed by atoms with E-state index >= 15 is 0 Å². The minimum absolute atomic E-state index is 0.0229. The third-order valence-corrected chi connectivity index (χ3v) is 6.24. The number of aromatic nitrogens is 1. The highest BCUT2D eigenvalue weighted by atomic mass is 79.9. The molecule has 0 bridgehead atoms. The monoisotopic (exact) mass is 423 g/mol. The molecule has 0 saturated carbocycles. The summed E-state index contributed by atoms with van der Waals surface area (Å²) in [5.74, 6) is -0.196. The zero-order valence-electron chi connectivity index (χ0n) is 13.7. The first-order valence-electron chi connectivity index (χ1n) is 7.50. The number of thiophene rings is 1. The number of nitrogens with zero attached hydrogens (tertiary/aromatic N) is 2. The van der Waals surface area contributed by atoms with E-state index in [0.29, 0.717) is 6.42 Å². The van der Waals surface area contributed by atoms with Crippen molar-refractivity contribution in [2.75, 3.05) is 0 Å². The van der Waals surface area contributed by atoms with Gasteiger partial charge in [0.15, 0.2) is 0 Å². The van der Waals surface area contributed by atoms with Crippen molar-refractivity contribution in [3.05, 3.63) is 43.0 Å². The highest BCUT2D eigenvalue weighted by molar-refractivity contribution is 9.10. The lowest BCUT2D eigenvalue weighted by molar-refractivity contribution is -0.117. The highest BCUT2D eigenvalue weighted by Gasteiger charge is 2.23. The summed E-state index contributed by atoms with van der Waals surface area (Å²) in [5.41, 5.74) is 0.940. The van der Waals surface area contributed by atoms with Gasteiger partial charge in [0, 0.05) is 32.9 Å². The van der Waals surface area contributed by atoms with Gasteiger partial charge >= 0.3 is 0 Å². The minimum atomic E-state index is -0.325. The molecular weight excluding hydrogens is 406 g/mol. The average Bonchev–Trinajstić information content (AvgIpc) is 3.17. The first-order valence-corrected chi connectivity index (χ1v) is 10.1. The summed E-state index contributed by atoms with van der Waals surface area (Å²) < 4.78 is 0.902. The maximum atomic E-state index is 12.5. The van der Waals surface area contributed by atoms with Gasteiger partial charge in [-0.1, -0.05) is 6.92 Å². The summed E-state index contributed by atoms with van der Waals surface area (Å²) in [5, 5.41) is 17.3. The molecule has 24 heavy (non-hydrogen) atoms. The molecule has 1 amide bonds. The minimum Gasteiger partial charge on any atom is -0.349 e. The smallest absolute Gasteiger partial charge is 0.262 e. The Morgan fingerprint density at radius 1 is 1.38 bits per heavy atom. The van der Waals surface area contributed by atoms with Gasteiger partial charge in [-0.15, -0.1) is 22.7 Å². The predicted octanol–water partition coefficient (Wildman–Crippen LogP) is 4.96. The molecule has 0 spiro atoms. The van der Waals surface area contributed by atoms with Crippen LogP contribution in [0, 0.1) is 11.3 Å². The summed E-state index contributed by atoms with van der Waals surface area (Å²) in [6, 6.07) is 4.02. The Kier molecular flexibility index (Phi) is 6.72. The van der Waals surface area contributed by atoms with Crippen LogP contribution in [0.5, 0.6) is 0 Å². The molecule has 0 aromatic carbocycles. The van der Waals surface area contributed by atoms with Crippen LogP contribution in [0.25, 0.3) is 5.57 Å². The van der Waals surface area contributed by atoms with Gasteiger partial charge < -0.3 is 5.32 Å². The number of thiazole rings is 1. The van der Waals surface area contributed by atoms with Crippen molar-refractivity contribution in [3.8, 4) is 6.07 Å². The largest absolute Gasteiger partial charge is 0.349 e. The molecule has 4 nitrogen and oxygen atoms in total. The molecule has 2 rings (SSSR count). The van der Waals surface area contributed by atoms with Gasteiger partial charge in [-0.3, -0.25) is 4.79 Å². The molecule has 2 aromatic heterocycles. The summed E-state index contributed by atoms with van der Waals surface area (Å²) in [4.78, 5) is 17.8. The number of carbonyl (C=O) groups is 1. The van der Waals surface area contributed by atoms with E-state index in [1.165, 1.54) is 11.3 Å². The molecule has 0 saturated heterocycles. The molecule has 0 aliphatic heterocycles. The molecular formula is C17H18BrN3OS2. The highest BCUT2D eigenvalue weighted by Crippen LogP contribution is 2.38. The van der Waals surface area contributed by atoms with E-state index in [0.717, 1.165) is 19.9 Å². The molecule has 0 aliphatic rings. The van der Waals surface area contributed by atoms with E-state index < -0.39 is 0 Å². The van der Waals surface area contributed by atoms with E-state index in [1.807, 2.05) is 30.7 Å². The van der Waals surface area contributed by atoms with Crippen LogP contribution in [-0.4, -0.2) is 16.9 Å². The predicted molar refractivity (Wildman–Crippen MR) is 103 cm³/mol. The Balaban J connectivity index is 2.46. The van der Waals surface area contributed by atoms with Crippen LogP contribution in [0.15, 0.2) is 33.1 Å². The summed E-state index contributed by atoms with van der Waals surface area (Å²) in [6.07, 6.45) is 2.36. The molecule has 0 aliphatic carbocycles. The fraction of sp³-hybridized carbons (Fsp3) is 0.353. The SMILES string of the molecule is CC(C)NC(=O)/C(C#N)=C(\CC(C)c1nccs1)c1sccc1Br. The maximum absolute atomic E-state index is 12.5. The molecule has 2 aromatic rings. The quantitative estimate of drug-likeness (QED) is 0.526. The van der Waals surface area contributed by atoms with Crippen molar-refractivity contribution in [1.29, 1.82) is 5.26 Å². The van der Waals surface area contributed by atoms with E-state index in [4.69, 9.17) is 0 Å². The molecule has 1 N–H and O–H groups in total. The lowest BCUT2D eigenvalue weighted by atomic mass is 9.95. The lowest BCUT2D eigenvalue weighted by Gasteiger charge is -2.15. The van der Waals surface area contributed by atoms with Crippen LogP contribution in [0.4, 0.5) is 0 Å². The van der Waals surface area contributed by atoms with Gasteiger partial charge in [-0.2, -0.15) is 5.26 Å². The number of hydrogen-bond donors (Lipinski definition) is 1. The van der Waals surface area contributed by atoms with Crippen molar-refractivity contribution < 1.29 is 4.79 Å². The topological polar surface area (TPSA) is 65.8 Å². The fourth-order valence-corrected chi connectivity index (χ4v) is 4.65. The first-order chi connectivity index (χ1) is 11.4. The zero-order valence-corrected chi connectivity index (χ0v) is 16.9. The fourth-order valence-electron chi connectivity index (χ4n) is 2.28. The van der Waals surface area contributed by atoms with Crippen LogP contribution in [0.2, 0.25) is 0 Å². The second-order valence-electron chi connectivity index (χ2n) is 5.67. The van der Waals surface area contributed by atoms with Crippen molar-refractivity contribution >= 4 is 50.1 Å². The molecule has 0 fully saturated rings. The van der Waals surface area contributed by atoms with Crippen LogP contribution in [0.1, 0.15) is 43.0 Å². The Hall–Kier alpha value is -1.49. The molecule has 7 heteroatoms. The van der Waals surface area contributed by atoms with E-state index in [9.17, 15) is 10.1 Å². The van der Waals surface area contributed by atoms with Gasteiger partial charge in [0.2, 0.25) is 0 Å². The number of hydrogen-bond acceptors (Lipinski definition) is 5.